The third-order valence-electron chi connectivity index (χ3n) is 4.35. The van der Waals surface area contributed by atoms with Crippen molar-refractivity contribution in [3.05, 3.63) is 70.2 Å². The Hall–Kier alpha value is -3.16. The number of anilines is 1. The molecule has 6 nitrogen and oxygen atoms in total. The molecule has 1 fully saturated rings. The number of pyridine rings is 1. The summed E-state index contributed by atoms with van der Waals surface area (Å²) in [4.78, 5) is 33.3. The van der Waals surface area contributed by atoms with Crippen molar-refractivity contribution in [1.82, 2.24) is 10.3 Å². The summed E-state index contributed by atoms with van der Waals surface area (Å²) < 4.78 is 0. The monoisotopic (exact) mass is 436 g/mol. The van der Waals surface area contributed by atoms with Crippen LogP contribution in [0.4, 0.5) is 11.4 Å². The van der Waals surface area contributed by atoms with Crippen LogP contribution in [-0.4, -0.2) is 22.0 Å². The number of hydrogen-bond donors (Lipinski definition) is 2. The number of thioether (sulfide) groups is 1. The number of halogens is 1. The van der Waals surface area contributed by atoms with Gasteiger partial charge in [-0.15, -0.1) is 0 Å². The van der Waals surface area contributed by atoms with Crippen molar-refractivity contribution in [2.45, 2.75) is 13.3 Å². The Balaban J connectivity index is 1.58. The van der Waals surface area contributed by atoms with Gasteiger partial charge in [-0.25, -0.2) is 4.99 Å². The van der Waals surface area contributed by atoms with Gasteiger partial charge in [-0.2, -0.15) is 0 Å². The maximum absolute atomic E-state index is 12.4. The average molecular weight is 437 g/mol. The quantitative estimate of drug-likeness (QED) is 0.555. The van der Waals surface area contributed by atoms with E-state index < -0.39 is 0 Å². The SMILES string of the molecule is CCC(=O)Nc1ccc(Cl)c(N=C2NC(=O)C(=Cc3ccc4ncccc4c3)S2)c1. The number of amidine groups is 1. The van der Waals surface area contributed by atoms with Gasteiger partial charge in [-0.05, 0) is 59.8 Å². The van der Waals surface area contributed by atoms with Crippen LogP contribution in [0.5, 0.6) is 0 Å². The summed E-state index contributed by atoms with van der Waals surface area (Å²) >= 11 is 7.48. The zero-order chi connectivity index (χ0) is 21.1. The van der Waals surface area contributed by atoms with Crippen LogP contribution in [-0.2, 0) is 9.59 Å². The van der Waals surface area contributed by atoms with E-state index in [0.29, 0.717) is 32.9 Å². The van der Waals surface area contributed by atoms with Gasteiger partial charge in [0.2, 0.25) is 5.91 Å². The van der Waals surface area contributed by atoms with E-state index in [1.165, 1.54) is 11.8 Å². The van der Waals surface area contributed by atoms with Gasteiger partial charge < -0.3 is 10.6 Å². The predicted octanol–water partition coefficient (Wildman–Crippen LogP) is 5.13. The first kappa shape index (κ1) is 20.1. The highest BCUT2D eigenvalue weighted by atomic mass is 35.5. The molecule has 2 aromatic carbocycles. The van der Waals surface area contributed by atoms with Crippen LogP contribution in [0.15, 0.2) is 64.6 Å². The molecule has 2 N–H and O–H groups in total. The number of amides is 2. The molecule has 3 aromatic rings. The minimum Gasteiger partial charge on any atom is -0.326 e. The molecule has 0 unspecified atom stereocenters. The molecule has 150 valence electrons. The molecule has 0 atom stereocenters. The number of carbonyl (C=O) groups excluding carboxylic acids is 2. The summed E-state index contributed by atoms with van der Waals surface area (Å²) in [7, 11) is 0. The smallest absolute Gasteiger partial charge is 0.264 e. The number of nitrogens with one attached hydrogen (secondary N) is 2. The zero-order valence-corrected chi connectivity index (χ0v) is 17.6. The van der Waals surface area contributed by atoms with Crippen molar-refractivity contribution in [3.63, 3.8) is 0 Å². The molecular formula is C22H17ClN4O2S. The number of aromatic nitrogens is 1. The summed E-state index contributed by atoms with van der Waals surface area (Å²) in [5.74, 6) is -0.327. The molecule has 0 bridgehead atoms. The van der Waals surface area contributed by atoms with E-state index >= 15 is 0 Å². The fraction of sp³-hybridized carbons (Fsp3) is 0.0909. The Labute approximate surface area is 182 Å². The van der Waals surface area contributed by atoms with Crippen LogP contribution in [0.1, 0.15) is 18.9 Å². The van der Waals surface area contributed by atoms with E-state index in [1.807, 2.05) is 36.4 Å². The van der Waals surface area contributed by atoms with Crippen molar-refractivity contribution in [1.29, 1.82) is 0 Å². The zero-order valence-electron chi connectivity index (χ0n) is 16.0. The molecule has 1 aromatic heterocycles. The maximum atomic E-state index is 12.4. The highest BCUT2D eigenvalue weighted by Gasteiger charge is 2.24. The third-order valence-corrected chi connectivity index (χ3v) is 5.58. The Morgan fingerprint density at radius 3 is 2.97 bits per heavy atom. The first-order chi connectivity index (χ1) is 14.5. The van der Waals surface area contributed by atoms with Crippen LogP contribution >= 0.6 is 23.4 Å². The van der Waals surface area contributed by atoms with Gasteiger partial charge >= 0.3 is 0 Å². The Morgan fingerprint density at radius 2 is 2.13 bits per heavy atom. The molecule has 1 aliphatic heterocycles. The minimum absolute atomic E-state index is 0.102. The first-order valence-corrected chi connectivity index (χ1v) is 10.4. The molecule has 0 spiro atoms. The van der Waals surface area contributed by atoms with E-state index in [4.69, 9.17) is 11.6 Å². The van der Waals surface area contributed by atoms with Gasteiger partial charge in [-0.1, -0.05) is 30.7 Å². The van der Waals surface area contributed by atoms with Crippen LogP contribution in [0.2, 0.25) is 5.02 Å². The Morgan fingerprint density at radius 1 is 1.27 bits per heavy atom. The van der Waals surface area contributed by atoms with Crippen LogP contribution in [0, 0.1) is 0 Å². The molecule has 2 heterocycles. The van der Waals surface area contributed by atoms with Gasteiger partial charge in [0.25, 0.3) is 5.91 Å². The summed E-state index contributed by atoms with van der Waals surface area (Å²) in [5.41, 5.74) is 2.86. The lowest BCUT2D eigenvalue weighted by molar-refractivity contribution is -0.116. The number of rotatable bonds is 4. The van der Waals surface area contributed by atoms with E-state index in [9.17, 15) is 9.59 Å². The molecule has 8 heteroatoms. The van der Waals surface area contributed by atoms with E-state index in [2.05, 4.69) is 20.6 Å². The van der Waals surface area contributed by atoms with E-state index in [-0.39, 0.29) is 11.8 Å². The number of aliphatic imine (C=N–C) groups is 1. The van der Waals surface area contributed by atoms with Crippen LogP contribution in [0.3, 0.4) is 0 Å². The lowest BCUT2D eigenvalue weighted by Crippen LogP contribution is -2.19. The predicted molar refractivity (Wildman–Crippen MR) is 123 cm³/mol. The summed E-state index contributed by atoms with van der Waals surface area (Å²) in [6, 6.07) is 14.7. The second-order valence-electron chi connectivity index (χ2n) is 6.51. The molecule has 1 aliphatic rings. The van der Waals surface area contributed by atoms with Gasteiger partial charge in [-0.3, -0.25) is 14.6 Å². The molecule has 0 radical (unpaired) electrons. The van der Waals surface area contributed by atoms with Gasteiger partial charge in [0.1, 0.15) is 0 Å². The van der Waals surface area contributed by atoms with Gasteiger partial charge in [0.15, 0.2) is 5.17 Å². The number of benzene rings is 2. The number of carbonyl (C=O) groups is 2. The fourth-order valence-electron chi connectivity index (χ4n) is 2.85. The fourth-order valence-corrected chi connectivity index (χ4v) is 3.85. The summed E-state index contributed by atoms with van der Waals surface area (Å²) in [6.45, 7) is 1.77. The number of hydrogen-bond acceptors (Lipinski definition) is 5. The van der Waals surface area contributed by atoms with Crippen molar-refractivity contribution >= 4 is 68.7 Å². The van der Waals surface area contributed by atoms with Gasteiger partial charge in [0, 0.05) is 23.7 Å². The first-order valence-electron chi connectivity index (χ1n) is 9.25. The van der Waals surface area contributed by atoms with Crippen molar-refractivity contribution < 1.29 is 9.59 Å². The summed E-state index contributed by atoms with van der Waals surface area (Å²) in [6.07, 6.45) is 3.93. The summed E-state index contributed by atoms with van der Waals surface area (Å²) in [5, 5.41) is 7.38. The van der Waals surface area contributed by atoms with Gasteiger partial charge in [0.05, 0.1) is 21.1 Å². The van der Waals surface area contributed by atoms with Crippen LogP contribution in [0.25, 0.3) is 17.0 Å². The number of fused-ring (bicyclic) bond motifs is 1. The average Bonchev–Trinajstić information content (AvgIpc) is 3.09. The standard InChI is InChI=1S/C22H17ClN4O2S/c1-2-20(28)25-15-6-7-16(23)18(12-15)26-22-27-21(29)19(30-22)11-13-5-8-17-14(10-13)4-3-9-24-17/h3-12H,2H2,1H3,(H,25,28)(H,26,27,29). The topological polar surface area (TPSA) is 83.5 Å². The largest absolute Gasteiger partial charge is 0.326 e. The van der Waals surface area contributed by atoms with Crippen LogP contribution < -0.4 is 10.6 Å². The lowest BCUT2D eigenvalue weighted by atomic mass is 10.1. The van der Waals surface area contributed by atoms with E-state index in [1.54, 1.807) is 31.3 Å². The highest BCUT2D eigenvalue weighted by Crippen LogP contribution is 2.33. The molecule has 0 saturated carbocycles. The Bertz CT molecular complexity index is 1220. The maximum Gasteiger partial charge on any atom is 0.264 e. The molecule has 30 heavy (non-hydrogen) atoms. The lowest BCUT2D eigenvalue weighted by Gasteiger charge is -2.06. The minimum atomic E-state index is -0.225. The Kier molecular flexibility index (Phi) is 5.83. The highest BCUT2D eigenvalue weighted by molar-refractivity contribution is 8.18. The number of nitrogens with zero attached hydrogens (tertiary/aromatic N) is 2. The third kappa shape index (κ3) is 4.53. The van der Waals surface area contributed by atoms with Crippen molar-refractivity contribution in [3.8, 4) is 0 Å². The molecule has 0 aliphatic carbocycles. The molecule has 2 amide bonds. The molecule has 4 rings (SSSR count). The molecule has 1 saturated heterocycles. The van der Waals surface area contributed by atoms with E-state index in [0.717, 1.165) is 16.5 Å². The van der Waals surface area contributed by atoms with Crippen molar-refractivity contribution in [2.75, 3.05) is 5.32 Å². The second kappa shape index (κ2) is 8.69. The normalized spacial score (nSPS) is 16.3. The van der Waals surface area contributed by atoms with Crippen molar-refractivity contribution in [2.24, 2.45) is 4.99 Å². The second-order valence-corrected chi connectivity index (χ2v) is 7.94. The molecular weight excluding hydrogens is 420 g/mol.